The molecule has 0 radical (unpaired) electrons. The molecule has 132 valence electrons. The lowest BCUT2D eigenvalue weighted by atomic mass is 10.1. The van der Waals surface area contributed by atoms with Crippen LogP contribution in [0.1, 0.15) is 40.9 Å². The fourth-order valence-corrected chi connectivity index (χ4v) is 4.08. The van der Waals surface area contributed by atoms with Crippen LogP contribution >= 0.6 is 0 Å². The van der Waals surface area contributed by atoms with E-state index in [1.165, 1.54) is 36.4 Å². The maximum Gasteiger partial charge on any atom is 0.251 e. The summed E-state index contributed by atoms with van der Waals surface area (Å²) in [4.78, 5) is 12.5. The average Bonchev–Trinajstić information content (AvgIpc) is 2.97. The monoisotopic (exact) mass is 362 g/mol. The van der Waals surface area contributed by atoms with Crippen LogP contribution in [0.15, 0.2) is 47.4 Å². The number of halogens is 1. The molecular weight excluding hydrogens is 343 g/mol. The van der Waals surface area contributed by atoms with E-state index in [0.29, 0.717) is 12.1 Å². The Balaban J connectivity index is 1.73. The smallest absolute Gasteiger partial charge is 0.251 e. The second kappa shape index (κ2) is 6.93. The second-order valence-electron chi connectivity index (χ2n) is 5.93. The zero-order valence-electron chi connectivity index (χ0n) is 13.8. The van der Waals surface area contributed by atoms with Crippen molar-refractivity contribution in [1.29, 1.82) is 0 Å². The van der Waals surface area contributed by atoms with E-state index in [9.17, 15) is 17.6 Å². The van der Waals surface area contributed by atoms with Gasteiger partial charge in [-0.25, -0.2) is 17.5 Å². The third-order valence-corrected chi connectivity index (χ3v) is 5.81. The molecule has 0 fully saturated rings. The van der Waals surface area contributed by atoms with Crippen LogP contribution < -0.4 is 10.0 Å². The lowest BCUT2D eigenvalue weighted by Gasteiger charge is -2.14. The Morgan fingerprint density at radius 2 is 1.92 bits per heavy atom. The van der Waals surface area contributed by atoms with Crippen molar-refractivity contribution in [2.24, 2.45) is 0 Å². The first-order chi connectivity index (χ1) is 11.9. The van der Waals surface area contributed by atoms with Gasteiger partial charge in [-0.3, -0.25) is 4.79 Å². The SMILES string of the molecule is CCNS(=O)(=O)c1ccc(C(=O)NC2CCc3cc(F)ccc32)cc1. The topological polar surface area (TPSA) is 75.3 Å². The molecule has 2 N–H and O–H groups in total. The van der Waals surface area contributed by atoms with Crippen LogP contribution in [0.3, 0.4) is 0 Å². The van der Waals surface area contributed by atoms with E-state index in [-0.39, 0.29) is 22.7 Å². The van der Waals surface area contributed by atoms with E-state index >= 15 is 0 Å². The van der Waals surface area contributed by atoms with Crippen molar-refractivity contribution in [2.45, 2.75) is 30.7 Å². The third kappa shape index (κ3) is 3.72. The van der Waals surface area contributed by atoms with Crippen molar-refractivity contribution in [3.8, 4) is 0 Å². The molecule has 0 saturated carbocycles. The quantitative estimate of drug-likeness (QED) is 0.858. The number of rotatable bonds is 5. The summed E-state index contributed by atoms with van der Waals surface area (Å²) in [6.07, 6.45) is 1.44. The highest BCUT2D eigenvalue weighted by Crippen LogP contribution is 2.31. The number of hydrogen-bond donors (Lipinski definition) is 2. The molecule has 0 bridgehead atoms. The number of hydrogen-bond acceptors (Lipinski definition) is 3. The van der Waals surface area contributed by atoms with Crippen LogP contribution in [-0.4, -0.2) is 20.9 Å². The average molecular weight is 362 g/mol. The Hall–Kier alpha value is -2.25. The molecule has 1 unspecified atom stereocenters. The van der Waals surface area contributed by atoms with Gasteiger partial charge in [0.05, 0.1) is 10.9 Å². The predicted molar refractivity (Wildman–Crippen MR) is 92.2 cm³/mol. The minimum atomic E-state index is -3.54. The maximum atomic E-state index is 13.3. The first-order valence-electron chi connectivity index (χ1n) is 8.09. The van der Waals surface area contributed by atoms with Crippen LogP contribution in [-0.2, 0) is 16.4 Å². The third-order valence-electron chi connectivity index (χ3n) is 4.25. The van der Waals surface area contributed by atoms with Gasteiger partial charge in [0.25, 0.3) is 5.91 Å². The molecule has 2 aromatic carbocycles. The van der Waals surface area contributed by atoms with E-state index in [2.05, 4.69) is 10.0 Å². The van der Waals surface area contributed by atoms with Crippen molar-refractivity contribution >= 4 is 15.9 Å². The summed E-state index contributed by atoms with van der Waals surface area (Å²) in [5, 5.41) is 2.93. The van der Waals surface area contributed by atoms with Crippen molar-refractivity contribution < 1.29 is 17.6 Å². The highest BCUT2D eigenvalue weighted by Gasteiger charge is 2.24. The van der Waals surface area contributed by atoms with Gasteiger partial charge in [0.1, 0.15) is 5.82 Å². The predicted octanol–water partition coefficient (Wildman–Crippen LogP) is 2.54. The van der Waals surface area contributed by atoms with Crippen LogP contribution in [0.2, 0.25) is 0 Å². The van der Waals surface area contributed by atoms with Gasteiger partial charge >= 0.3 is 0 Å². The Morgan fingerprint density at radius 3 is 2.60 bits per heavy atom. The van der Waals surface area contributed by atoms with Crippen molar-refractivity contribution in [2.75, 3.05) is 6.54 Å². The summed E-state index contributed by atoms with van der Waals surface area (Å²) in [7, 11) is -3.54. The van der Waals surface area contributed by atoms with Crippen molar-refractivity contribution in [3.63, 3.8) is 0 Å². The van der Waals surface area contributed by atoms with Crippen LogP contribution in [0, 0.1) is 5.82 Å². The van der Waals surface area contributed by atoms with E-state index in [1.807, 2.05) is 0 Å². The molecule has 5 nitrogen and oxygen atoms in total. The van der Waals surface area contributed by atoms with Gasteiger partial charge in [0.2, 0.25) is 10.0 Å². The summed E-state index contributed by atoms with van der Waals surface area (Å²) in [5.41, 5.74) is 2.23. The molecule has 1 aliphatic carbocycles. The van der Waals surface area contributed by atoms with Crippen LogP contribution in [0.4, 0.5) is 4.39 Å². The van der Waals surface area contributed by atoms with E-state index < -0.39 is 10.0 Å². The number of sulfonamides is 1. The largest absolute Gasteiger partial charge is 0.345 e. The highest BCUT2D eigenvalue weighted by molar-refractivity contribution is 7.89. The lowest BCUT2D eigenvalue weighted by molar-refractivity contribution is 0.0936. The number of nitrogens with one attached hydrogen (secondary N) is 2. The molecule has 0 saturated heterocycles. The summed E-state index contributed by atoms with van der Waals surface area (Å²) in [6, 6.07) is 10.2. The molecule has 2 aromatic rings. The van der Waals surface area contributed by atoms with Gasteiger partial charge in [-0.2, -0.15) is 0 Å². The molecule has 0 heterocycles. The molecule has 0 aliphatic heterocycles. The number of carbonyl (C=O) groups is 1. The number of fused-ring (bicyclic) bond motifs is 1. The fraction of sp³-hybridized carbons (Fsp3) is 0.278. The molecule has 1 atom stereocenters. The fourth-order valence-electron chi connectivity index (χ4n) is 3.04. The summed E-state index contributed by atoms with van der Waals surface area (Å²) < 4.78 is 39.5. The van der Waals surface area contributed by atoms with Crippen molar-refractivity contribution in [3.05, 3.63) is 65.0 Å². The Morgan fingerprint density at radius 1 is 1.20 bits per heavy atom. The zero-order valence-corrected chi connectivity index (χ0v) is 14.6. The highest BCUT2D eigenvalue weighted by atomic mass is 32.2. The van der Waals surface area contributed by atoms with Gasteiger partial charge in [0, 0.05) is 12.1 Å². The maximum absolute atomic E-state index is 13.3. The Bertz CT molecular complexity index is 895. The summed E-state index contributed by atoms with van der Waals surface area (Å²) in [5.74, 6) is -0.558. The minimum absolute atomic E-state index is 0.118. The van der Waals surface area contributed by atoms with E-state index in [1.54, 1.807) is 13.0 Å². The molecule has 7 heteroatoms. The Kier molecular flexibility index (Phi) is 4.87. The molecule has 0 spiro atoms. The van der Waals surface area contributed by atoms with Gasteiger partial charge in [-0.05, 0) is 60.4 Å². The minimum Gasteiger partial charge on any atom is -0.345 e. The normalized spacial score (nSPS) is 16.5. The first-order valence-corrected chi connectivity index (χ1v) is 9.58. The summed E-state index contributed by atoms with van der Waals surface area (Å²) >= 11 is 0. The lowest BCUT2D eigenvalue weighted by Crippen LogP contribution is -2.27. The molecular formula is C18H19FN2O3S. The van der Waals surface area contributed by atoms with Crippen LogP contribution in [0.5, 0.6) is 0 Å². The summed E-state index contributed by atoms with van der Waals surface area (Å²) in [6.45, 7) is 2.00. The van der Waals surface area contributed by atoms with E-state index in [4.69, 9.17) is 0 Å². The number of aryl methyl sites for hydroxylation is 1. The number of amides is 1. The standard InChI is InChI=1S/C18H19FN2O3S/c1-2-20-25(23,24)15-7-3-12(4-8-15)18(22)21-17-10-5-13-11-14(19)6-9-16(13)17/h3-4,6-9,11,17,20H,2,5,10H2,1H3,(H,21,22). The van der Waals surface area contributed by atoms with Gasteiger partial charge < -0.3 is 5.32 Å². The first kappa shape index (κ1) is 17.6. The van der Waals surface area contributed by atoms with Gasteiger partial charge in [-0.15, -0.1) is 0 Å². The van der Waals surface area contributed by atoms with Gasteiger partial charge in [0.15, 0.2) is 0 Å². The number of carbonyl (C=O) groups excluding carboxylic acids is 1. The molecule has 25 heavy (non-hydrogen) atoms. The zero-order chi connectivity index (χ0) is 18.0. The molecule has 1 aliphatic rings. The van der Waals surface area contributed by atoms with Crippen molar-refractivity contribution in [1.82, 2.24) is 10.0 Å². The Labute approximate surface area is 146 Å². The van der Waals surface area contributed by atoms with Crippen LogP contribution in [0.25, 0.3) is 0 Å². The number of benzene rings is 2. The second-order valence-corrected chi connectivity index (χ2v) is 7.70. The molecule has 1 amide bonds. The van der Waals surface area contributed by atoms with Gasteiger partial charge in [-0.1, -0.05) is 13.0 Å². The molecule has 0 aromatic heterocycles. The molecule has 3 rings (SSSR count). The van der Waals surface area contributed by atoms with E-state index in [0.717, 1.165) is 24.0 Å².